The van der Waals surface area contributed by atoms with Gasteiger partial charge in [-0.05, 0) is 12.8 Å². The first kappa shape index (κ1) is 8.17. The Kier molecular flexibility index (Phi) is 3.31. The number of rotatable bonds is 2. The van der Waals surface area contributed by atoms with Crippen LogP contribution in [0.15, 0.2) is 0 Å². The molecule has 10 heavy (non-hydrogen) atoms. The van der Waals surface area contributed by atoms with Gasteiger partial charge in [-0.2, -0.15) is 5.48 Å². The van der Waals surface area contributed by atoms with Crippen LogP contribution in [0.2, 0.25) is 0 Å². The van der Waals surface area contributed by atoms with E-state index in [1.165, 1.54) is 0 Å². The van der Waals surface area contributed by atoms with Gasteiger partial charge >= 0.3 is 0 Å². The van der Waals surface area contributed by atoms with Crippen molar-refractivity contribution in [3.8, 4) is 0 Å². The van der Waals surface area contributed by atoms with Crippen molar-refractivity contribution in [3.63, 3.8) is 0 Å². The number of nitrogens with one attached hydrogen (secondary N) is 1. The number of hydrogen-bond donors (Lipinski definition) is 1. The van der Waals surface area contributed by atoms with Crippen molar-refractivity contribution < 1.29 is 9.05 Å². The summed E-state index contributed by atoms with van der Waals surface area (Å²) in [6, 6.07) is 0.419. The van der Waals surface area contributed by atoms with Crippen LogP contribution in [0.4, 0.5) is 0 Å². The molecule has 3 nitrogen and oxygen atoms in total. The Labute approximate surface area is 63.5 Å². The first-order valence-corrected chi connectivity index (χ1v) is 4.95. The Morgan fingerprint density at radius 3 is 2.60 bits per heavy atom. The van der Waals surface area contributed by atoms with Gasteiger partial charge in [-0.25, -0.2) is 0 Å². The molecule has 1 fully saturated rings. The van der Waals surface area contributed by atoms with Crippen molar-refractivity contribution in [2.75, 3.05) is 18.6 Å². The highest BCUT2D eigenvalue weighted by Crippen LogP contribution is 2.08. The molecule has 0 aromatic rings. The van der Waals surface area contributed by atoms with E-state index in [9.17, 15) is 4.21 Å². The molecule has 0 amide bonds. The Morgan fingerprint density at radius 1 is 1.50 bits per heavy atom. The average molecular weight is 163 g/mol. The fourth-order valence-corrected chi connectivity index (χ4v) is 2.38. The van der Waals surface area contributed by atoms with Crippen molar-refractivity contribution in [2.24, 2.45) is 0 Å². The molecule has 0 aliphatic carbocycles. The molecule has 1 aliphatic rings. The highest BCUT2D eigenvalue weighted by atomic mass is 32.2. The van der Waals surface area contributed by atoms with E-state index in [2.05, 4.69) is 5.48 Å². The van der Waals surface area contributed by atoms with Crippen LogP contribution in [0.25, 0.3) is 0 Å². The summed E-state index contributed by atoms with van der Waals surface area (Å²) < 4.78 is 10.9. The fraction of sp³-hybridized carbons (Fsp3) is 1.00. The topological polar surface area (TPSA) is 38.3 Å². The highest BCUT2D eigenvalue weighted by Gasteiger charge is 2.16. The summed E-state index contributed by atoms with van der Waals surface area (Å²) in [5.41, 5.74) is 2.87. The molecule has 1 heterocycles. The van der Waals surface area contributed by atoms with Gasteiger partial charge in [-0.3, -0.25) is 4.21 Å². The van der Waals surface area contributed by atoms with E-state index in [4.69, 9.17) is 4.84 Å². The minimum absolute atomic E-state index is 0.419. The summed E-state index contributed by atoms with van der Waals surface area (Å²) >= 11 is 0. The van der Waals surface area contributed by atoms with Crippen LogP contribution in [0, 0.1) is 0 Å². The number of hydroxylamine groups is 1. The van der Waals surface area contributed by atoms with E-state index in [0.717, 1.165) is 24.3 Å². The van der Waals surface area contributed by atoms with Gasteiger partial charge in [-0.15, -0.1) is 0 Å². The highest BCUT2D eigenvalue weighted by molar-refractivity contribution is 7.85. The maximum Gasteiger partial charge on any atom is 0.0572 e. The Balaban J connectivity index is 2.19. The molecule has 1 rings (SSSR count). The van der Waals surface area contributed by atoms with E-state index < -0.39 is 10.8 Å². The van der Waals surface area contributed by atoms with Crippen molar-refractivity contribution >= 4 is 10.8 Å². The molecule has 0 unspecified atom stereocenters. The SMILES string of the molecule is CONC1CCS(=O)CC1. The molecule has 1 aliphatic heterocycles. The van der Waals surface area contributed by atoms with Crippen molar-refractivity contribution in [1.29, 1.82) is 0 Å². The molecule has 1 saturated heterocycles. The van der Waals surface area contributed by atoms with Gasteiger partial charge in [0.05, 0.1) is 7.11 Å². The van der Waals surface area contributed by atoms with Gasteiger partial charge in [0.25, 0.3) is 0 Å². The Hall–Kier alpha value is 0.0700. The molecular weight excluding hydrogens is 150 g/mol. The van der Waals surface area contributed by atoms with E-state index in [-0.39, 0.29) is 0 Å². The molecule has 0 saturated carbocycles. The monoisotopic (exact) mass is 163 g/mol. The summed E-state index contributed by atoms with van der Waals surface area (Å²) in [7, 11) is 1.06. The molecular formula is C6H13NO2S. The molecule has 60 valence electrons. The average Bonchev–Trinajstić information content (AvgIpc) is 1.95. The zero-order chi connectivity index (χ0) is 7.40. The van der Waals surface area contributed by atoms with Crippen LogP contribution in [0.1, 0.15) is 12.8 Å². The van der Waals surface area contributed by atoms with Crippen molar-refractivity contribution in [1.82, 2.24) is 5.48 Å². The van der Waals surface area contributed by atoms with Gasteiger partial charge in [-0.1, -0.05) is 0 Å². The van der Waals surface area contributed by atoms with Crippen LogP contribution in [-0.4, -0.2) is 28.9 Å². The minimum atomic E-state index is -0.560. The second-order valence-electron chi connectivity index (χ2n) is 2.44. The molecule has 4 heteroatoms. The molecule has 0 atom stereocenters. The lowest BCUT2D eigenvalue weighted by Crippen LogP contribution is -2.34. The van der Waals surface area contributed by atoms with E-state index >= 15 is 0 Å². The van der Waals surface area contributed by atoms with E-state index in [1.54, 1.807) is 7.11 Å². The first-order chi connectivity index (χ1) is 4.83. The zero-order valence-corrected chi connectivity index (χ0v) is 6.95. The third-order valence-corrected chi connectivity index (χ3v) is 3.05. The summed E-state index contributed by atoms with van der Waals surface area (Å²) in [6.45, 7) is 0. The lowest BCUT2D eigenvalue weighted by molar-refractivity contribution is 0.0580. The molecule has 0 bridgehead atoms. The van der Waals surface area contributed by atoms with Gasteiger partial charge in [0.1, 0.15) is 0 Å². The lowest BCUT2D eigenvalue weighted by atomic mass is 10.2. The number of hydrogen-bond acceptors (Lipinski definition) is 3. The largest absolute Gasteiger partial charge is 0.305 e. The third kappa shape index (κ3) is 2.36. The summed E-state index contributed by atoms with van der Waals surface area (Å²) in [5.74, 6) is 1.64. The van der Waals surface area contributed by atoms with Crippen LogP contribution < -0.4 is 5.48 Å². The standard InChI is InChI=1S/C6H13NO2S/c1-9-7-6-2-4-10(8)5-3-6/h6-7H,2-5H2,1H3. The molecule has 1 N–H and O–H groups in total. The van der Waals surface area contributed by atoms with Gasteiger partial charge in [0, 0.05) is 28.3 Å². The predicted octanol–water partition coefficient (Wildman–Crippen LogP) is 0.0485. The van der Waals surface area contributed by atoms with Crippen LogP contribution in [0.3, 0.4) is 0 Å². The van der Waals surface area contributed by atoms with Gasteiger partial charge in [0.2, 0.25) is 0 Å². The minimum Gasteiger partial charge on any atom is -0.305 e. The van der Waals surface area contributed by atoms with E-state index in [1.807, 2.05) is 0 Å². The first-order valence-electron chi connectivity index (χ1n) is 3.46. The predicted molar refractivity (Wildman–Crippen MR) is 41.0 cm³/mol. The second kappa shape index (κ2) is 4.05. The Bertz CT molecular complexity index is 119. The molecule has 0 aromatic heterocycles. The van der Waals surface area contributed by atoms with Crippen molar-refractivity contribution in [2.45, 2.75) is 18.9 Å². The quantitative estimate of drug-likeness (QED) is 0.584. The zero-order valence-electron chi connectivity index (χ0n) is 6.13. The summed E-state index contributed by atoms with van der Waals surface area (Å²) in [5, 5.41) is 0. The summed E-state index contributed by atoms with van der Waals surface area (Å²) in [6.07, 6.45) is 1.95. The lowest BCUT2D eigenvalue weighted by Gasteiger charge is -2.20. The second-order valence-corrected chi connectivity index (χ2v) is 4.14. The van der Waals surface area contributed by atoms with Crippen LogP contribution >= 0.6 is 0 Å². The van der Waals surface area contributed by atoms with E-state index in [0.29, 0.717) is 6.04 Å². The van der Waals surface area contributed by atoms with Crippen molar-refractivity contribution in [3.05, 3.63) is 0 Å². The molecule has 0 radical (unpaired) electrons. The maximum absolute atomic E-state index is 10.9. The normalized spacial score (nSPS) is 34.1. The maximum atomic E-state index is 10.9. The smallest absolute Gasteiger partial charge is 0.0572 e. The molecule has 0 aromatic carbocycles. The molecule has 0 spiro atoms. The van der Waals surface area contributed by atoms with Gasteiger partial charge in [0.15, 0.2) is 0 Å². The Morgan fingerprint density at radius 2 is 2.10 bits per heavy atom. The van der Waals surface area contributed by atoms with Crippen LogP contribution in [-0.2, 0) is 15.6 Å². The fourth-order valence-electron chi connectivity index (χ4n) is 1.08. The van der Waals surface area contributed by atoms with Gasteiger partial charge < -0.3 is 4.84 Å². The summed E-state index contributed by atoms with van der Waals surface area (Å²) in [4.78, 5) is 4.77. The third-order valence-electron chi connectivity index (χ3n) is 1.67. The van der Waals surface area contributed by atoms with Crippen LogP contribution in [0.5, 0.6) is 0 Å².